The van der Waals surface area contributed by atoms with Crippen LogP contribution in [-0.4, -0.2) is 42.5 Å². The molecule has 0 fully saturated rings. The molecule has 0 aliphatic heterocycles. The predicted molar refractivity (Wildman–Crippen MR) is 73.4 cm³/mol. The molecule has 1 heterocycles. The maximum absolute atomic E-state index is 11.6. The fraction of sp³-hybridized carbons (Fsp3) is 0.538. The van der Waals surface area contributed by atoms with Gasteiger partial charge in [-0.15, -0.1) is 0 Å². The number of pyridine rings is 1. The van der Waals surface area contributed by atoms with Gasteiger partial charge < -0.3 is 10.6 Å². The van der Waals surface area contributed by atoms with E-state index in [0.29, 0.717) is 13.1 Å². The van der Waals surface area contributed by atoms with Gasteiger partial charge in [-0.3, -0.25) is 9.69 Å². The lowest BCUT2D eigenvalue weighted by Crippen LogP contribution is -2.38. The van der Waals surface area contributed by atoms with Gasteiger partial charge in [-0.25, -0.2) is 4.98 Å². The molecule has 0 spiro atoms. The summed E-state index contributed by atoms with van der Waals surface area (Å²) < 4.78 is 0. The number of likely N-dealkylation sites (N-methyl/N-ethyl adjacent to an activating group) is 1. The number of nitrogens with one attached hydrogen (secondary N) is 2. The molecule has 0 saturated heterocycles. The van der Waals surface area contributed by atoms with Gasteiger partial charge in [0.15, 0.2) is 0 Å². The third-order valence-corrected chi connectivity index (χ3v) is 2.40. The monoisotopic (exact) mass is 250 g/mol. The first-order valence-corrected chi connectivity index (χ1v) is 6.12. The average Bonchev–Trinajstić information content (AvgIpc) is 2.28. The fourth-order valence-corrected chi connectivity index (χ4v) is 1.65. The van der Waals surface area contributed by atoms with Gasteiger partial charge in [0.05, 0.1) is 6.54 Å². The van der Waals surface area contributed by atoms with Crippen molar-refractivity contribution < 1.29 is 4.79 Å². The highest BCUT2D eigenvalue weighted by Crippen LogP contribution is 2.06. The molecule has 0 aliphatic carbocycles. The zero-order chi connectivity index (χ0) is 13.5. The van der Waals surface area contributed by atoms with E-state index in [0.717, 1.165) is 11.4 Å². The number of nitrogens with zero attached hydrogens (tertiary/aromatic N) is 2. The lowest BCUT2D eigenvalue weighted by atomic mass is 10.2. The first kappa shape index (κ1) is 14.4. The fourth-order valence-electron chi connectivity index (χ4n) is 1.65. The summed E-state index contributed by atoms with van der Waals surface area (Å²) in [6, 6.07) is 4.12. The predicted octanol–water partition coefficient (Wildman–Crippen LogP) is 1.08. The number of amides is 1. The number of carbonyl (C=O) groups excluding carboxylic acids is 1. The Hall–Kier alpha value is -1.62. The quantitative estimate of drug-likeness (QED) is 0.793. The lowest BCUT2D eigenvalue weighted by Gasteiger charge is -2.17. The number of carbonyl (C=O) groups is 1. The molecule has 0 radical (unpaired) electrons. The molecule has 1 aromatic rings. The van der Waals surface area contributed by atoms with Crippen LogP contribution in [0.3, 0.4) is 0 Å². The van der Waals surface area contributed by atoms with E-state index in [1.807, 2.05) is 51.2 Å². The van der Waals surface area contributed by atoms with Gasteiger partial charge in [-0.1, -0.05) is 6.07 Å². The number of anilines is 1. The molecule has 0 aromatic carbocycles. The molecule has 1 rings (SSSR count). The van der Waals surface area contributed by atoms with Crippen molar-refractivity contribution in [2.24, 2.45) is 0 Å². The van der Waals surface area contributed by atoms with Gasteiger partial charge in [0.2, 0.25) is 5.91 Å². The van der Waals surface area contributed by atoms with Crippen molar-refractivity contribution in [1.29, 1.82) is 0 Å². The second-order valence-corrected chi connectivity index (χ2v) is 4.70. The SMILES string of the molecule is CNc1ccc(CN(C)CC(=O)NC(C)C)cn1. The minimum absolute atomic E-state index is 0.0484. The summed E-state index contributed by atoms with van der Waals surface area (Å²) in [4.78, 5) is 17.8. The van der Waals surface area contributed by atoms with Crippen molar-refractivity contribution in [2.75, 3.05) is 26.0 Å². The Labute approximate surface area is 109 Å². The molecule has 100 valence electrons. The van der Waals surface area contributed by atoms with E-state index in [-0.39, 0.29) is 11.9 Å². The van der Waals surface area contributed by atoms with Crippen LogP contribution in [0.5, 0.6) is 0 Å². The van der Waals surface area contributed by atoms with Crippen molar-refractivity contribution in [3.05, 3.63) is 23.9 Å². The first-order chi connectivity index (χ1) is 8.51. The molecule has 0 saturated carbocycles. The highest BCUT2D eigenvalue weighted by molar-refractivity contribution is 5.78. The van der Waals surface area contributed by atoms with Crippen LogP contribution in [0.4, 0.5) is 5.82 Å². The normalized spacial score (nSPS) is 10.8. The van der Waals surface area contributed by atoms with Crippen LogP contribution >= 0.6 is 0 Å². The van der Waals surface area contributed by atoms with E-state index >= 15 is 0 Å². The van der Waals surface area contributed by atoms with Crippen LogP contribution < -0.4 is 10.6 Å². The summed E-state index contributed by atoms with van der Waals surface area (Å²) in [6.45, 7) is 5.02. The topological polar surface area (TPSA) is 57.3 Å². The lowest BCUT2D eigenvalue weighted by molar-refractivity contribution is -0.122. The molecule has 0 atom stereocenters. The molecular weight excluding hydrogens is 228 g/mol. The molecule has 5 heteroatoms. The van der Waals surface area contributed by atoms with Crippen molar-refractivity contribution in [3.63, 3.8) is 0 Å². The van der Waals surface area contributed by atoms with Crippen molar-refractivity contribution in [1.82, 2.24) is 15.2 Å². The van der Waals surface area contributed by atoms with Gasteiger partial charge >= 0.3 is 0 Å². The van der Waals surface area contributed by atoms with E-state index in [1.165, 1.54) is 0 Å². The van der Waals surface area contributed by atoms with Crippen LogP contribution in [0.2, 0.25) is 0 Å². The zero-order valence-corrected chi connectivity index (χ0v) is 11.5. The van der Waals surface area contributed by atoms with Gasteiger partial charge in [0, 0.05) is 25.8 Å². The van der Waals surface area contributed by atoms with Crippen molar-refractivity contribution in [2.45, 2.75) is 26.4 Å². The summed E-state index contributed by atoms with van der Waals surface area (Å²) in [7, 11) is 3.76. The Kier molecular flexibility index (Phi) is 5.58. The first-order valence-electron chi connectivity index (χ1n) is 6.12. The molecular formula is C13H22N4O. The average molecular weight is 250 g/mol. The van der Waals surface area contributed by atoms with Gasteiger partial charge in [-0.2, -0.15) is 0 Å². The Bertz CT molecular complexity index is 375. The maximum Gasteiger partial charge on any atom is 0.234 e. The standard InChI is InChI=1S/C13H22N4O/c1-10(2)16-13(18)9-17(4)8-11-5-6-12(14-3)15-7-11/h5-7,10H,8-9H2,1-4H3,(H,14,15)(H,16,18). The summed E-state index contributed by atoms with van der Waals surface area (Å²) in [5.41, 5.74) is 1.09. The van der Waals surface area contributed by atoms with Crippen LogP contribution in [0, 0.1) is 0 Å². The molecule has 5 nitrogen and oxygen atoms in total. The second-order valence-electron chi connectivity index (χ2n) is 4.70. The van der Waals surface area contributed by atoms with E-state index in [1.54, 1.807) is 0 Å². The highest BCUT2D eigenvalue weighted by atomic mass is 16.2. The minimum atomic E-state index is 0.0484. The minimum Gasteiger partial charge on any atom is -0.373 e. The Morgan fingerprint density at radius 1 is 1.44 bits per heavy atom. The second kappa shape index (κ2) is 6.96. The largest absolute Gasteiger partial charge is 0.373 e. The Morgan fingerprint density at radius 3 is 2.67 bits per heavy atom. The van der Waals surface area contributed by atoms with Crippen LogP contribution in [0.25, 0.3) is 0 Å². The maximum atomic E-state index is 11.6. The molecule has 0 bridgehead atoms. The van der Waals surface area contributed by atoms with E-state index in [2.05, 4.69) is 15.6 Å². The Balaban J connectivity index is 2.43. The van der Waals surface area contributed by atoms with Crippen LogP contribution in [0.1, 0.15) is 19.4 Å². The van der Waals surface area contributed by atoms with Crippen molar-refractivity contribution in [3.8, 4) is 0 Å². The summed E-state index contributed by atoms with van der Waals surface area (Å²) in [5, 5.41) is 5.84. The molecule has 2 N–H and O–H groups in total. The molecule has 0 unspecified atom stereocenters. The van der Waals surface area contributed by atoms with Crippen LogP contribution in [-0.2, 0) is 11.3 Å². The molecule has 1 amide bonds. The number of hydrogen-bond donors (Lipinski definition) is 2. The Morgan fingerprint density at radius 2 is 2.17 bits per heavy atom. The summed E-state index contributed by atoms with van der Waals surface area (Å²) >= 11 is 0. The van der Waals surface area contributed by atoms with Gasteiger partial charge in [0.25, 0.3) is 0 Å². The van der Waals surface area contributed by atoms with Gasteiger partial charge in [0.1, 0.15) is 5.82 Å². The molecule has 18 heavy (non-hydrogen) atoms. The third-order valence-electron chi connectivity index (χ3n) is 2.40. The number of aromatic nitrogens is 1. The summed E-state index contributed by atoms with van der Waals surface area (Å²) in [6.07, 6.45) is 1.82. The number of rotatable bonds is 6. The van der Waals surface area contributed by atoms with Gasteiger partial charge in [-0.05, 0) is 32.5 Å². The number of hydrogen-bond acceptors (Lipinski definition) is 4. The zero-order valence-electron chi connectivity index (χ0n) is 11.5. The van der Waals surface area contributed by atoms with E-state index in [4.69, 9.17) is 0 Å². The molecule has 0 aliphatic rings. The van der Waals surface area contributed by atoms with Crippen molar-refractivity contribution >= 4 is 11.7 Å². The van der Waals surface area contributed by atoms with Crippen LogP contribution in [0.15, 0.2) is 18.3 Å². The molecule has 1 aromatic heterocycles. The van der Waals surface area contributed by atoms with E-state index < -0.39 is 0 Å². The van der Waals surface area contributed by atoms with E-state index in [9.17, 15) is 4.79 Å². The third kappa shape index (κ3) is 5.14. The summed E-state index contributed by atoms with van der Waals surface area (Å²) in [5.74, 6) is 0.895. The smallest absolute Gasteiger partial charge is 0.234 e. The highest BCUT2D eigenvalue weighted by Gasteiger charge is 2.08.